The first-order valence-corrected chi connectivity index (χ1v) is 7.05. The van der Waals surface area contributed by atoms with E-state index in [1.807, 2.05) is 0 Å². The number of rotatable bonds is 7. The Morgan fingerprint density at radius 2 is 1.50 bits per heavy atom. The summed E-state index contributed by atoms with van der Waals surface area (Å²) < 4.78 is 4.63. The lowest BCUT2D eigenvalue weighted by Crippen LogP contribution is -2.10. The van der Waals surface area contributed by atoms with Gasteiger partial charge in [0.05, 0.1) is 0 Å². The molecule has 3 heteroatoms. The third-order valence-corrected chi connectivity index (χ3v) is 4.70. The molecule has 1 N–H and O–H groups in total. The standard InChI is InChI=1S/C9H22O2S/c1-4-6-8-12(3,11-10)9-7-5-2/h10H,4-9H2,1-3H3. The van der Waals surface area contributed by atoms with Gasteiger partial charge in [0.1, 0.15) is 0 Å². The smallest absolute Gasteiger partial charge is 0.00155 e. The van der Waals surface area contributed by atoms with E-state index in [2.05, 4.69) is 24.4 Å². The lowest BCUT2D eigenvalue weighted by molar-refractivity contribution is -0.123. The average molecular weight is 194 g/mol. The number of hydrogen-bond acceptors (Lipinski definition) is 2. The Kier molecular flexibility index (Phi) is 6.90. The molecule has 0 radical (unpaired) electrons. The normalized spacial score (nSPS) is 13.3. The van der Waals surface area contributed by atoms with Crippen LogP contribution in [0.5, 0.6) is 0 Å². The van der Waals surface area contributed by atoms with Crippen LogP contribution in [0.15, 0.2) is 0 Å². The molecule has 0 spiro atoms. The maximum atomic E-state index is 8.78. The topological polar surface area (TPSA) is 29.5 Å². The molecule has 12 heavy (non-hydrogen) atoms. The van der Waals surface area contributed by atoms with Crippen LogP contribution in [0, 0.1) is 0 Å². The minimum Gasteiger partial charge on any atom is -0.241 e. The van der Waals surface area contributed by atoms with Crippen molar-refractivity contribution in [3.05, 3.63) is 0 Å². The van der Waals surface area contributed by atoms with Gasteiger partial charge in [-0.05, 0) is 19.1 Å². The Balaban J connectivity index is 3.70. The molecule has 0 aromatic carbocycles. The molecule has 0 heterocycles. The van der Waals surface area contributed by atoms with Crippen LogP contribution in [-0.4, -0.2) is 23.0 Å². The molecule has 0 aromatic rings. The molecule has 0 aromatic heterocycles. The van der Waals surface area contributed by atoms with E-state index in [1.165, 1.54) is 12.8 Å². The number of hydrogen-bond donors (Lipinski definition) is 1. The van der Waals surface area contributed by atoms with Gasteiger partial charge >= 0.3 is 0 Å². The Morgan fingerprint density at radius 3 is 1.75 bits per heavy atom. The molecule has 0 aliphatic heterocycles. The highest BCUT2D eigenvalue weighted by Crippen LogP contribution is 2.45. The lowest BCUT2D eigenvalue weighted by atomic mass is 10.4. The highest BCUT2D eigenvalue weighted by molar-refractivity contribution is 8.29. The van der Waals surface area contributed by atoms with Gasteiger partial charge < -0.3 is 0 Å². The minimum atomic E-state index is -1.15. The van der Waals surface area contributed by atoms with Crippen LogP contribution in [0.3, 0.4) is 0 Å². The van der Waals surface area contributed by atoms with E-state index >= 15 is 0 Å². The molecular weight excluding hydrogens is 172 g/mol. The summed E-state index contributed by atoms with van der Waals surface area (Å²) in [5.74, 6) is 2.08. The molecule has 0 amide bonds. The summed E-state index contributed by atoms with van der Waals surface area (Å²) in [5.41, 5.74) is 0. The summed E-state index contributed by atoms with van der Waals surface area (Å²) in [4.78, 5) is 0. The molecule has 0 aliphatic rings. The summed E-state index contributed by atoms with van der Waals surface area (Å²) in [6, 6.07) is 0. The predicted octanol–water partition coefficient (Wildman–Crippen LogP) is 3.43. The monoisotopic (exact) mass is 194 g/mol. The van der Waals surface area contributed by atoms with Gasteiger partial charge in [0.2, 0.25) is 0 Å². The van der Waals surface area contributed by atoms with Gasteiger partial charge in [0.15, 0.2) is 0 Å². The van der Waals surface area contributed by atoms with Crippen molar-refractivity contribution in [1.29, 1.82) is 0 Å². The maximum Gasteiger partial charge on any atom is 0.00155 e. The van der Waals surface area contributed by atoms with Gasteiger partial charge in [-0.3, -0.25) is 0 Å². The third kappa shape index (κ3) is 5.01. The quantitative estimate of drug-likeness (QED) is 0.497. The zero-order valence-electron chi connectivity index (χ0n) is 8.51. The second-order valence-electron chi connectivity index (χ2n) is 3.37. The molecule has 0 saturated heterocycles. The molecule has 0 saturated carbocycles. The largest absolute Gasteiger partial charge is 0.241 e. The third-order valence-electron chi connectivity index (χ3n) is 2.04. The first-order chi connectivity index (χ1) is 5.68. The van der Waals surface area contributed by atoms with Gasteiger partial charge in [-0.2, -0.15) is 4.33 Å². The molecule has 76 valence electrons. The van der Waals surface area contributed by atoms with Crippen LogP contribution in [0.25, 0.3) is 0 Å². The summed E-state index contributed by atoms with van der Waals surface area (Å²) in [6.45, 7) is 4.33. The van der Waals surface area contributed by atoms with Crippen LogP contribution in [-0.2, 0) is 4.33 Å². The molecule has 0 bridgehead atoms. The van der Waals surface area contributed by atoms with Crippen LogP contribution in [0.4, 0.5) is 0 Å². The van der Waals surface area contributed by atoms with Crippen molar-refractivity contribution in [2.24, 2.45) is 0 Å². The van der Waals surface area contributed by atoms with Crippen molar-refractivity contribution in [1.82, 2.24) is 0 Å². The van der Waals surface area contributed by atoms with Crippen molar-refractivity contribution in [2.75, 3.05) is 17.8 Å². The second-order valence-corrected chi connectivity index (χ2v) is 6.71. The van der Waals surface area contributed by atoms with E-state index in [0.717, 1.165) is 24.3 Å². The van der Waals surface area contributed by atoms with Crippen molar-refractivity contribution in [2.45, 2.75) is 39.5 Å². The van der Waals surface area contributed by atoms with E-state index in [1.54, 1.807) is 0 Å². The van der Waals surface area contributed by atoms with Crippen LogP contribution in [0.2, 0.25) is 0 Å². The first kappa shape index (κ1) is 12.3. The zero-order valence-corrected chi connectivity index (χ0v) is 9.32. The summed E-state index contributed by atoms with van der Waals surface area (Å²) in [7, 11) is -1.15. The van der Waals surface area contributed by atoms with E-state index < -0.39 is 10.3 Å². The van der Waals surface area contributed by atoms with Crippen molar-refractivity contribution in [3.8, 4) is 0 Å². The predicted molar refractivity (Wildman–Crippen MR) is 56.8 cm³/mol. The van der Waals surface area contributed by atoms with Crippen LogP contribution < -0.4 is 0 Å². The molecule has 0 rings (SSSR count). The fraction of sp³-hybridized carbons (Fsp3) is 1.00. The van der Waals surface area contributed by atoms with Gasteiger partial charge in [-0.15, -0.1) is 10.3 Å². The van der Waals surface area contributed by atoms with E-state index in [-0.39, 0.29) is 0 Å². The molecule has 0 fully saturated rings. The Bertz CT molecular complexity index is 98.7. The van der Waals surface area contributed by atoms with E-state index in [4.69, 9.17) is 5.26 Å². The average Bonchev–Trinajstić information content (AvgIpc) is 2.11. The highest BCUT2D eigenvalue weighted by atomic mass is 32.3. The highest BCUT2D eigenvalue weighted by Gasteiger charge is 2.17. The fourth-order valence-electron chi connectivity index (χ4n) is 1.08. The van der Waals surface area contributed by atoms with Gasteiger partial charge in [-0.25, -0.2) is 5.26 Å². The summed E-state index contributed by atoms with van der Waals surface area (Å²) in [5, 5.41) is 8.78. The summed E-state index contributed by atoms with van der Waals surface area (Å²) >= 11 is 0. The van der Waals surface area contributed by atoms with Gasteiger partial charge in [0, 0.05) is 11.5 Å². The Morgan fingerprint density at radius 1 is 1.08 bits per heavy atom. The molecule has 2 nitrogen and oxygen atoms in total. The Labute approximate surface area is 77.8 Å². The molecule has 0 atom stereocenters. The second kappa shape index (κ2) is 6.75. The maximum absolute atomic E-state index is 8.78. The molecule has 0 unspecified atom stereocenters. The minimum absolute atomic E-state index is 1.04. The van der Waals surface area contributed by atoms with Gasteiger partial charge in [-0.1, -0.05) is 26.7 Å². The van der Waals surface area contributed by atoms with E-state index in [0.29, 0.717) is 0 Å². The SMILES string of the molecule is CCCCS(C)(CCCC)OO. The molecule has 0 aliphatic carbocycles. The van der Waals surface area contributed by atoms with Crippen LogP contribution in [0.1, 0.15) is 39.5 Å². The Hall–Kier alpha value is 0.270. The summed E-state index contributed by atoms with van der Waals surface area (Å²) in [6.07, 6.45) is 6.75. The first-order valence-electron chi connectivity index (χ1n) is 4.75. The fourth-order valence-corrected chi connectivity index (χ4v) is 3.23. The van der Waals surface area contributed by atoms with Crippen molar-refractivity contribution >= 4 is 10.3 Å². The van der Waals surface area contributed by atoms with Crippen LogP contribution >= 0.6 is 10.3 Å². The van der Waals surface area contributed by atoms with Gasteiger partial charge in [0.25, 0.3) is 0 Å². The zero-order chi connectivity index (χ0) is 9.45. The lowest BCUT2D eigenvalue weighted by Gasteiger charge is -2.31. The molecular formula is C9H22O2S. The number of unbranched alkanes of at least 4 members (excludes halogenated alkanes) is 2. The van der Waals surface area contributed by atoms with E-state index in [9.17, 15) is 0 Å². The van der Waals surface area contributed by atoms with Crippen molar-refractivity contribution in [3.63, 3.8) is 0 Å². The van der Waals surface area contributed by atoms with Crippen molar-refractivity contribution < 1.29 is 9.59 Å².